The van der Waals surface area contributed by atoms with Gasteiger partial charge in [0.15, 0.2) is 0 Å². The first kappa shape index (κ1) is 11.8. The standard InChI is InChI=1S/C9H8ClF2N3/c10-8-5(1-2-13)6(3-14)7(4-15-8)9(11)12/h4,9H,1,3,14H2. The Balaban J connectivity index is 3.34. The van der Waals surface area contributed by atoms with Gasteiger partial charge in [0.1, 0.15) is 5.15 Å². The molecule has 15 heavy (non-hydrogen) atoms. The van der Waals surface area contributed by atoms with Crippen LogP contribution in [-0.4, -0.2) is 4.98 Å². The van der Waals surface area contributed by atoms with E-state index in [1.807, 2.05) is 6.07 Å². The highest BCUT2D eigenvalue weighted by molar-refractivity contribution is 6.30. The molecule has 1 heterocycles. The molecule has 80 valence electrons. The Hall–Kier alpha value is -1.25. The van der Waals surface area contributed by atoms with E-state index in [4.69, 9.17) is 22.6 Å². The molecule has 0 aliphatic carbocycles. The lowest BCUT2D eigenvalue weighted by Crippen LogP contribution is -2.08. The molecule has 0 amide bonds. The average molecular weight is 232 g/mol. The number of nitrogens with zero attached hydrogens (tertiary/aromatic N) is 2. The quantitative estimate of drug-likeness (QED) is 0.811. The largest absolute Gasteiger partial charge is 0.326 e. The molecule has 0 aliphatic heterocycles. The Morgan fingerprint density at radius 3 is 2.67 bits per heavy atom. The topological polar surface area (TPSA) is 62.7 Å². The number of rotatable bonds is 3. The van der Waals surface area contributed by atoms with Crippen molar-refractivity contribution in [3.63, 3.8) is 0 Å². The first-order valence-corrected chi connectivity index (χ1v) is 4.51. The van der Waals surface area contributed by atoms with E-state index in [1.54, 1.807) is 0 Å². The monoisotopic (exact) mass is 231 g/mol. The SMILES string of the molecule is N#CCc1c(Cl)ncc(C(F)F)c1CN. The zero-order chi connectivity index (χ0) is 11.4. The van der Waals surface area contributed by atoms with Crippen LogP contribution in [0.25, 0.3) is 0 Å². The first-order chi connectivity index (χ1) is 7.11. The van der Waals surface area contributed by atoms with E-state index in [9.17, 15) is 8.78 Å². The second-order valence-electron chi connectivity index (χ2n) is 2.80. The van der Waals surface area contributed by atoms with E-state index in [0.29, 0.717) is 5.56 Å². The van der Waals surface area contributed by atoms with Gasteiger partial charge in [-0.3, -0.25) is 0 Å². The molecule has 2 N–H and O–H groups in total. The summed E-state index contributed by atoms with van der Waals surface area (Å²) in [6, 6.07) is 1.84. The molecule has 3 nitrogen and oxygen atoms in total. The van der Waals surface area contributed by atoms with Gasteiger partial charge in [0, 0.05) is 23.9 Å². The van der Waals surface area contributed by atoms with E-state index in [0.717, 1.165) is 6.20 Å². The minimum absolute atomic E-state index is 0.0569. The van der Waals surface area contributed by atoms with E-state index in [-0.39, 0.29) is 29.2 Å². The summed E-state index contributed by atoms with van der Waals surface area (Å²) in [4.78, 5) is 3.61. The van der Waals surface area contributed by atoms with Crippen molar-refractivity contribution >= 4 is 11.6 Å². The minimum Gasteiger partial charge on any atom is -0.326 e. The number of hydrogen-bond donors (Lipinski definition) is 1. The zero-order valence-corrected chi connectivity index (χ0v) is 8.43. The number of alkyl halides is 2. The fourth-order valence-corrected chi connectivity index (χ4v) is 1.50. The molecule has 1 aromatic rings. The molecule has 0 saturated carbocycles. The minimum atomic E-state index is -2.66. The summed E-state index contributed by atoms with van der Waals surface area (Å²) in [6.45, 7) is -0.0844. The van der Waals surface area contributed by atoms with Crippen LogP contribution in [-0.2, 0) is 13.0 Å². The third-order valence-corrected chi connectivity index (χ3v) is 2.30. The van der Waals surface area contributed by atoms with Crippen LogP contribution >= 0.6 is 11.6 Å². The molecule has 0 radical (unpaired) electrons. The van der Waals surface area contributed by atoms with Gasteiger partial charge >= 0.3 is 0 Å². The molecule has 0 unspecified atom stereocenters. The van der Waals surface area contributed by atoms with Gasteiger partial charge in [0.05, 0.1) is 12.5 Å². The number of hydrogen-bond acceptors (Lipinski definition) is 3. The maximum absolute atomic E-state index is 12.5. The van der Waals surface area contributed by atoms with Crippen molar-refractivity contribution in [3.8, 4) is 6.07 Å². The summed E-state index contributed by atoms with van der Waals surface area (Å²) < 4.78 is 25.1. The van der Waals surface area contributed by atoms with Gasteiger partial charge in [-0.1, -0.05) is 11.6 Å². The Kier molecular flexibility index (Phi) is 3.95. The smallest absolute Gasteiger partial charge is 0.265 e. The van der Waals surface area contributed by atoms with Gasteiger partial charge in [0.2, 0.25) is 0 Å². The summed E-state index contributed by atoms with van der Waals surface area (Å²) in [5, 5.41) is 8.59. The van der Waals surface area contributed by atoms with Crippen LogP contribution in [0.15, 0.2) is 6.20 Å². The van der Waals surface area contributed by atoms with Crippen molar-refractivity contribution in [2.24, 2.45) is 5.73 Å². The van der Waals surface area contributed by atoms with Crippen molar-refractivity contribution in [1.82, 2.24) is 4.98 Å². The Bertz CT molecular complexity index is 401. The number of nitriles is 1. The van der Waals surface area contributed by atoms with Gasteiger partial charge in [-0.15, -0.1) is 0 Å². The van der Waals surface area contributed by atoms with Gasteiger partial charge in [-0.2, -0.15) is 5.26 Å². The van der Waals surface area contributed by atoms with Gasteiger partial charge < -0.3 is 5.73 Å². The van der Waals surface area contributed by atoms with Crippen LogP contribution in [0.3, 0.4) is 0 Å². The molecule has 0 fully saturated rings. The first-order valence-electron chi connectivity index (χ1n) is 4.13. The summed E-state index contributed by atoms with van der Waals surface area (Å²) >= 11 is 5.70. The second-order valence-corrected chi connectivity index (χ2v) is 3.16. The van der Waals surface area contributed by atoms with Gasteiger partial charge in [0.25, 0.3) is 6.43 Å². The van der Waals surface area contributed by atoms with Crippen LogP contribution in [0.1, 0.15) is 23.1 Å². The van der Waals surface area contributed by atoms with Gasteiger partial charge in [-0.25, -0.2) is 13.8 Å². The van der Waals surface area contributed by atoms with Crippen LogP contribution in [0.2, 0.25) is 5.15 Å². The zero-order valence-electron chi connectivity index (χ0n) is 7.67. The Morgan fingerprint density at radius 2 is 2.20 bits per heavy atom. The maximum atomic E-state index is 12.5. The van der Waals surface area contributed by atoms with Crippen molar-refractivity contribution in [1.29, 1.82) is 5.26 Å². The predicted octanol–water partition coefficient (Wildman–Crippen LogP) is 2.20. The lowest BCUT2D eigenvalue weighted by molar-refractivity contribution is 0.149. The molecule has 0 spiro atoms. The third-order valence-electron chi connectivity index (χ3n) is 1.97. The van der Waals surface area contributed by atoms with Crippen LogP contribution < -0.4 is 5.73 Å². The van der Waals surface area contributed by atoms with E-state index in [2.05, 4.69) is 4.98 Å². The number of pyridine rings is 1. The Labute approximate surface area is 90.5 Å². The molecule has 1 aromatic heterocycles. The van der Waals surface area contributed by atoms with E-state index in [1.165, 1.54) is 0 Å². The molecule has 6 heteroatoms. The van der Waals surface area contributed by atoms with E-state index >= 15 is 0 Å². The van der Waals surface area contributed by atoms with Crippen LogP contribution in [0, 0.1) is 11.3 Å². The van der Waals surface area contributed by atoms with Crippen LogP contribution in [0.4, 0.5) is 8.78 Å². The lowest BCUT2D eigenvalue weighted by atomic mass is 10.0. The summed E-state index contributed by atoms with van der Waals surface area (Å²) in [6.07, 6.45) is -1.74. The molecular formula is C9H8ClF2N3. The van der Waals surface area contributed by atoms with Crippen LogP contribution in [0.5, 0.6) is 0 Å². The fraction of sp³-hybridized carbons (Fsp3) is 0.333. The third kappa shape index (κ3) is 2.41. The van der Waals surface area contributed by atoms with Crippen molar-refractivity contribution in [3.05, 3.63) is 28.0 Å². The molecular weight excluding hydrogens is 224 g/mol. The molecule has 0 bridgehead atoms. The predicted molar refractivity (Wildman–Crippen MR) is 51.4 cm³/mol. The van der Waals surface area contributed by atoms with Crippen molar-refractivity contribution in [2.45, 2.75) is 19.4 Å². The second kappa shape index (κ2) is 5.01. The maximum Gasteiger partial charge on any atom is 0.265 e. The highest BCUT2D eigenvalue weighted by Crippen LogP contribution is 2.28. The van der Waals surface area contributed by atoms with Gasteiger partial charge in [-0.05, 0) is 5.56 Å². The highest BCUT2D eigenvalue weighted by Gasteiger charge is 2.18. The molecule has 0 aliphatic rings. The summed E-state index contributed by atoms with van der Waals surface area (Å²) in [5.41, 5.74) is 5.61. The molecule has 0 atom stereocenters. The number of aromatic nitrogens is 1. The lowest BCUT2D eigenvalue weighted by Gasteiger charge is -2.11. The Morgan fingerprint density at radius 1 is 1.53 bits per heavy atom. The number of nitrogens with two attached hydrogens (primary N) is 1. The molecule has 0 aromatic carbocycles. The normalized spacial score (nSPS) is 10.4. The summed E-state index contributed by atoms with van der Waals surface area (Å²) in [5.74, 6) is 0. The average Bonchev–Trinajstić information content (AvgIpc) is 2.20. The molecule has 1 rings (SSSR count). The highest BCUT2D eigenvalue weighted by atomic mass is 35.5. The molecule has 0 saturated heterocycles. The number of halogens is 3. The summed E-state index contributed by atoms with van der Waals surface area (Å²) in [7, 11) is 0. The van der Waals surface area contributed by atoms with E-state index < -0.39 is 6.43 Å². The van der Waals surface area contributed by atoms with Crippen molar-refractivity contribution < 1.29 is 8.78 Å². The van der Waals surface area contributed by atoms with Crippen molar-refractivity contribution in [2.75, 3.05) is 0 Å². The fourth-order valence-electron chi connectivity index (χ4n) is 1.27.